The zero-order valence-corrected chi connectivity index (χ0v) is 11.9. The van der Waals surface area contributed by atoms with Gasteiger partial charge in [-0.2, -0.15) is 0 Å². The summed E-state index contributed by atoms with van der Waals surface area (Å²) in [4.78, 5) is 13.6. The summed E-state index contributed by atoms with van der Waals surface area (Å²) in [5.74, 6) is 1.03. The van der Waals surface area contributed by atoms with Crippen LogP contribution in [0.1, 0.15) is 11.3 Å². The summed E-state index contributed by atoms with van der Waals surface area (Å²) in [6, 6.07) is 10.7. The summed E-state index contributed by atoms with van der Waals surface area (Å²) in [6.45, 7) is 7.25. The third-order valence-electron chi connectivity index (χ3n) is 3.78. The Balaban J connectivity index is 1.59. The molecule has 3 rings (SSSR count). The van der Waals surface area contributed by atoms with E-state index in [-0.39, 0.29) is 0 Å². The van der Waals surface area contributed by atoms with Crippen LogP contribution in [0.4, 0.5) is 5.82 Å². The molecule has 4 nitrogen and oxygen atoms in total. The van der Waals surface area contributed by atoms with Crippen LogP contribution in [0.2, 0.25) is 0 Å². The van der Waals surface area contributed by atoms with Crippen molar-refractivity contribution >= 4 is 5.82 Å². The highest BCUT2D eigenvalue weighted by Crippen LogP contribution is 2.16. The maximum Gasteiger partial charge on any atom is 0.150 e. The molecule has 104 valence electrons. The van der Waals surface area contributed by atoms with Gasteiger partial charge < -0.3 is 4.90 Å². The molecule has 1 fully saturated rings. The first-order valence-electron chi connectivity index (χ1n) is 7.12. The van der Waals surface area contributed by atoms with Crippen LogP contribution in [0.25, 0.3) is 0 Å². The molecule has 2 heterocycles. The Labute approximate surface area is 120 Å². The lowest BCUT2D eigenvalue weighted by atomic mass is 10.2. The van der Waals surface area contributed by atoms with Crippen LogP contribution in [0, 0.1) is 6.92 Å². The fourth-order valence-corrected chi connectivity index (χ4v) is 2.67. The van der Waals surface area contributed by atoms with Gasteiger partial charge in [-0.15, -0.1) is 0 Å². The van der Waals surface area contributed by atoms with Crippen LogP contribution < -0.4 is 4.90 Å². The van der Waals surface area contributed by atoms with Gasteiger partial charge in [-0.25, -0.2) is 4.98 Å². The third-order valence-corrected chi connectivity index (χ3v) is 3.78. The van der Waals surface area contributed by atoms with Crippen LogP contribution in [0.3, 0.4) is 0 Å². The molecule has 0 bridgehead atoms. The molecule has 0 unspecified atom stereocenters. The summed E-state index contributed by atoms with van der Waals surface area (Å²) in [6.07, 6.45) is 3.53. The standard InChI is InChI=1S/C16H20N4/c1-14-16(18-8-7-17-14)20-11-9-19(10-12-20)13-15-5-3-2-4-6-15/h2-8H,9-13H2,1H3. The number of anilines is 1. The first kappa shape index (κ1) is 13.1. The summed E-state index contributed by atoms with van der Waals surface area (Å²) in [5.41, 5.74) is 2.40. The molecule has 4 heteroatoms. The number of aryl methyl sites for hydroxylation is 1. The monoisotopic (exact) mass is 268 g/mol. The van der Waals surface area contributed by atoms with Gasteiger partial charge in [0.25, 0.3) is 0 Å². The van der Waals surface area contributed by atoms with Crippen molar-refractivity contribution in [3.8, 4) is 0 Å². The Hall–Kier alpha value is -1.94. The number of aromatic nitrogens is 2. The summed E-state index contributed by atoms with van der Waals surface area (Å²) < 4.78 is 0. The number of nitrogens with zero attached hydrogens (tertiary/aromatic N) is 4. The van der Waals surface area contributed by atoms with Crippen molar-refractivity contribution in [1.82, 2.24) is 14.9 Å². The van der Waals surface area contributed by atoms with E-state index in [1.54, 1.807) is 12.4 Å². The summed E-state index contributed by atoms with van der Waals surface area (Å²) in [5, 5.41) is 0. The zero-order valence-electron chi connectivity index (χ0n) is 11.9. The van der Waals surface area contributed by atoms with E-state index in [9.17, 15) is 0 Å². The molecule has 0 spiro atoms. The number of hydrogen-bond acceptors (Lipinski definition) is 4. The normalized spacial score (nSPS) is 16.4. The predicted molar refractivity (Wildman–Crippen MR) is 80.7 cm³/mol. The molecule has 0 radical (unpaired) electrons. The Morgan fingerprint density at radius 3 is 2.35 bits per heavy atom. The first-order valence-corrected chi connectivity index (χ1v) is 7.12. The van der Waals surface area contributed by atoms with Crippen molar-refractivity contribution in [3.05, 3.63) is 54.0 Å². The second-order valence-electron chi connectivity index (χ2n) is 5.21. The van der Waals surface area contributed by atoms with Gasteiger partial charge in [0.2, 0.25) is 0 Å². The Kier molecular flexibility index (Phi) is 3.92. The lowest BCUT2D eigenvalue weighted by Gasteiger charge is -2.35. The van der Waals surface area contributed by atoms with Gasteiger partial charge in [0.1, 0.15) is 5.82 Å². The van der Waals surface area contributed by atoms with Crippen molar-refractivity contribution in [3.63, 3.8) is 0 Å². The fourth-order valence-electron chi connectivity index (χ4n) is 2.67. The zero-order chi connectivity index (χ0) is 13.8. The minimum absolute atomic E-state index is 1.02. The molecular formula is C16H20N4. The van der Waals surface area contributed by atoms with Crippen molar-refractivity contribution < 1.29 is 0 Å². The van der Waals surface area contributed by atoms with Gasteiger partial charge >= 0.3 is 0 Å². The van der Waals surface area contributed by atoms with E-state index in [1.165, 1.54) is 5.56 Å². The molecule has 0 saturated carbocycles. The van der Waals surface area contributed by atoms with Crippen molar-refractivity contribution in [2.24, 2.45) is 0 Å². The molecule has 0 amide bonds. The van der Waals surface area contributed by atoms with Gasteiger partial charge in [0.15, 0.2) is 0 Å². The summed E-state index contributed by atoms with van der Waals surface area (Å²) >= 11 is 0. The molecule has 1 aliphatic rings. The highest BCUT2D eigenvalue weighted by Gasteiger charge is 2.19. The second-order valence-corrected chi connectivity index (χ2v) is 5.21. The number of hydrogen-bond donors (Lipinski definition) is 0. The van der Waals surface area contributed by atoms with Crippen LogP contribution in [-0.2, 0) is 6.54 Å². The van der Waals surface area contributed by atoms with E-state index >= 15 is 0 Å². The first-order chi connectivity index (χ1) is 9.83. The largest absolute Gasteiger partial charge is 0.353 e. The molecule has 20 heavy (non-hydrogen) atoms. The van der Waals surface area contributed by atoms with Gasteiger partial charge in [0, 0.05) is 45.1 Å². The predicted octanol–water partition coefficient (Wildman–Crippen LogP) is 2.11. The molecule has 0 atom stereocenters. The molecule has 1 aromatic carbocycles. The van der Waals surface area contributed by atoms with Crippen LogP contribution in [0.15, 0.2) is 42.7 Å². The van der Waals surface area contributed by atoms with Gasteiger partial charge in [0.05, 0.1) is 5.69 Å². The fraction of sp³-hybridized carbons (Fsp3) is 0.375. The highest BCUT2D eigenvalue weighted by molar-refractivity contribution is 5.42. The lowest BCUT2D eigenvalue weighted by Crippen LogP contribution is -2.46. The van der Waals surface area contributed by atoms with Crippen LogP contribution in [0.5, 0.6) is 0 Å². The topological polar surface area (TPSA) is 32.3 Å². The van der Waals surface area contributed by atoms with Crippen molar-refractivity contribution in [1.29, 1.82) is 0 Å². The van der Waals surface area contributed by atoms with Crippen LogP contribution >= 0.6 is 0 Å². The van der Waals surface area contributed by atoms with E-state index < -0.39 is 0 Å². The Bertz CT molecular complexity index is 547. The maximum atomic E-state index is 4.46. The van der Waals surface area contributed by atoms with E-state index in [2.05, 4.69) is 50.1 Å². The van der Waals surface area contributed by atoms with Crippen molar-refractivity contribution in [2.75, 3.05) is 31.1 Å². The van der Waals surface area contributed by atoms with Crippen molar-refractivity contribution in [2.45, 2.75) is 13.5 Å². The number of benzene rings is 1. The third kappa shape index (κ3) is 2.96. The lowest BCUT2D eigenvalue weighted by molar-refractivity contribution is 0.249. The average molecular weight is 268 g/mol. The quantitative estimate of drug-likeness (QED) is 0.853. The molecule has 1 saturated heterocycles. The van der Waals surface area contributed by atoms with E-state index in [0.29, 0.717) is 0 Å². The second kappa shape index (κ2) is 6.01. The Morgan fingerprint density at radius 2 is 1.65 bits per heavy atom. The minimum Gasteiger partial charge on any atom is -0.353 e. The molecule has 0 N–H and O–H groups in total. The van der Waals surface area contributed by atoms with Gasteiger partial charge in [-0.3, -0.25) is 9.88 Å². The highest BCUT2D eigenvalue weighted by atomic mass is 15.3. The molecule has 0 aliphatic carbocycles. The van der Waals surface area contributed by atoms with Crippen LogP contribution in [-0.4, -0.2) is 41.0 Å². The SMILES string of the molecule is Cc1nccnc1N1CCN(Cc2ccccc2)CC1. The maximum absolute atomic E-state index is 4.46. The number of rotatable bonds is 3. The summed E-state index contributed by atoms with van der Waals surface area (Å²) in [7, 11) is 0. The van der Waals surface area contributed by atoms with E-state index in [4.69, 9.17) is 0 Å². The molecule has 1 aromatic heterocycles. The van der Waals surface area contributed by atoms with E-state index in [1.807, 2.05) is 6.92 Å². The van der Waals surface area contributed by atoms with Gasteiger partial charge in [-0.05, 0) is 12.5 Å². The number of piperazine rings is 1. The Morgan fingerprint density at radius 1 is 0.950 bits per heavy atom. The minimum atomic E-state index is 1.02. The molecule has 2 aromatic rings. The van der Waals surface area contributed by atoms with E-state index in [0.717, 1.165) is 44.2 Å². The molecular weight excluding hydrogens is 248 g/mol. The average Bonchev–Trinajstić information content (AvgIpc) is 2.50. The van der Waals surface area contributed by atoms with Gasteiger partial charge in [-0.1, -0.05) is 30.3 Å². The smallest absolute Gasteiger partial charge is 0.150 e. The molecule has 1 aliphatic heterocycles.